The molecule has 0 spiro atoms. The van der Waals surface area contributed by atoms with Crippen LogP contribution >= 0.6 is 22.9 Å². The molecule has 218 valence electrons. The van der Waals surface area contributed by atoms with Crippen molar-refractivity contribution in [2.24, 2.45) is 10.3 Å². The Morgan fingerprint density at radius 3 is 2.50 bits per heavy atom. The molecule has 0 radical (unpaired) electrons. The van der Waals surface area contributed by atoms with Crippen molar-refractivity contribution in [1.29, 1.82) is 0 Å². The van der Waals surface area contributed by atoms with Crippen LogP contribution in [0.3, 0.4) is 0 Å². The van der Waals surface area contributed by atoms with Gasteiger partial charge in [-0.3, -0.25) is 4.79 Å². The Bertz CT molecular complexity index is 1900. The van der Waals surface area contributed by atoms with Crippen LogP contribution in [0.1, 0.15) is 12.0 Å². The highest BCUT2D eigenvalue weighted by atomic mass is 35.5. The average molecular weight is 647 g/mol. The molecule has 6 N–H and O–H groups in total. The number of sulfonamides is 2. The summed E-state index contributed by atoms with van der Waals surface area (Å²) < 4.78 is 52.2. The third kappa shape index (κ3) is 6.16. The van der Waals surface area contributed by atoms with Gasteiger partial charge >= 0.3 is 0 Å². The van der Waals surface area contributed by atoms with Gasteiger partial charge in [-0.05, 0) is 41.8 Å². The van der Waals surface area contributed by atoms with Crippen LogP contribution in [0.15, 0.2) is 92.6 Å². The molecule has 1 amide bonds. The summed E-state index contributed by atoms with van der Waals surface area (Å²) in [5, 5.41) is 15.5. The molecule has 1 atom stereocenters. The summed E-state index contributed by atoms with van der Waals surface area (Å²) in [5.41, 5.74) is 6.12. The number of thiophene rings is 1. The number of halogens is 1. The molecule has 0 fully saturated rings. The van der Waals surface area contributed by atoms with Crippen LogP contribution in [0, 0.1) is 0 Å². The van der Waals surface area contributed by atoms with E-state index in [1.165, 1.54) is 41.1 Å². The fourth-order valence-electron chi connectivity index (χ4n) is 4.16. The number of carbonyl (C=O) groups is 1. The number of carbonyl (C=O) groups excluding carboxylic acids is 1. The van der Waals surface area contributed by atoms with Crippen molar-refractivity contribution in [3.63, 3.8) is 0 Å². The van der Waals surface area contributed by atoms with E-state index >= 15 is 0 Å². The zero-order valence-electron chi connectivity index (χ0n) is 21.5. The fraction of sp³-hybridized carbons (Fsp3) is 0.115. The maximum absolute atomic E-state index is 13.7. The summed E-state index contributed by atoms with van der Waals surface area (Å²) >= 11 is 7.24. The monoisotopic (exact) mass is 646 g/mol. The number of pyridine rings is 1. The Hall–Kier alpha value is -3.86. The predicted molar refractivity (Wildman–Crippen MR) is 160 cm³/mol. The lowest BCUT2D eigenvalue weighted by atomic mass is 9.93. The molecule has 2 aromatic heterocycles. The van der Waals surface area contributed by atoms with Crippen molar-refractivity contribution in [3.8, 4) is 11.1 Å². The van der Waals surface area contributed by atoms with Crippen molar-refractivity contribution in [3.05, 3.63) is 88.2 Å². The molecule has 2 aromatic carbocycles. The number of anilines is 2. The lowest BCUT2D eigenvalue weighted by Gasteiger charge is -2.25. The minimum atomic E-state index is -4.00. The average Bonchev–Trinajstić information content (AvgIpc) is 3.66. The SMILES string of the molecule is Nc1cc(C2=NO[C@](CNS(=O)(=O)c3ccsc3)(C(=O)Nc3ccc(-c4ccccc4S(N)(=O)=O)cn3)C2)ccc1Cl. The summed E-state index contributed by atoms with van der Waals surface area (Å²) in [7, 11) is -7.95. The van der Waals surface area contributed by atoms with Gasteiger partial charge in [-0.15, -0.1) is 0 Å². The number of nitrogen functional groups attached to an aromatic ring is 1. The number of primary sulfonamides is 1. The quantitative estimate of drug-likeness (QED) is 0.199. The maximum Gasteiger partial charge on any atom is 0.274 e. The molecule has 3 heterocycles. The summed E-state index contributed by atoms with van der Waals surface area (Å²) in [6.45, 7) is -0.451. The molecule has 4 aromatic rings. The Morgan fingerprint density at radius 1 is 1.07 bits per heavy atom. The Kier molecular flexibility index (Phi) is 8.06. The normalized spacial score (nSPS) is 17.0. The van der Waals surface area contributed by atoms with E-state index in [0.29, 0.717) is 33.1 Å². The highest BCUT2D eigenvalue weighted by Gasteiger charge is 2.48. The molecule has 5 rings (SSSR count). The van der Waals surface area contributed by atoms with Gasteiger partial charge in [0, 0.05) is 34.7 Å². The lowest BCUT2D eigenvalue weighted by molar-refractivity contribution is -0.137. The molecule has 1 aliphatic rings. The van der Waals surface area contributed by atoms with E-state index in [2.05, 4.69) is 20.2 Å². The second-order valence-electron chi connectivity index (χ2n) is 9.25. The van der Waals surface area contributed by atoms with Crippen molar-refractivity contribution in [2.75, 3.05) is 17.6 Å². The molecular weight excluding hydrogens is 624 g/mol. The largest absolute Gasteiger partial charge is 0.398 e. The summed E-state index contributed by atoms with van der Waals surface area (Å²) in [5.74, 6) is -0.619. The molecule has 12 nitrogen and oxygen atoms in total. The van der Waals surface area contributed by atoms with E-state index < -0.39 is 38.1 Å². The summed E-state index contributed by atoms with van der Waals surface area (Å²) in [6, 6.07) is 15.4. The number of oxime groups is 1. The second-order valence-corrected chi connectivity index (χ2v) is 13.7. The minimum absolute atomic E-state index is 0.0460. The number of aromatic nitrogens is 1. The van der Waals surface area contributed by atoms with Gasteiger partial charge in [-0.1, -0.05) is 41.0 Å². The standard InChI is InChI=1S/C26H23ClN6O6S3/c27-20-7-5-16(11-21(20)28)22-12-26(39-33-22,15-31-42(37,38)18-9-10-40-14-18)25(34)32-24-8-6-17(13-30-24)19-3-1-2-4-23(19)41(29,35)36/h1-11,13-14,31H,12,15,28H2,(H2,29,35,36)(H,30,32,34)/t26-/m1/s1. The smallest absolute Gasteiger partial charge is 0.274 e. The van der Waals surface area contributed by atoms with Gasteiger partial charge in [0.2, 0.25) is 25.6 Å². The van der Waals surface area contributed by atoms with Crippen LogP contribution in [0.25, 0.3) is 11.1 Å². The molecular formula is C26H23ClN6O6S3. The number of nitrogens with zero attached hydrogens (tertiary/aromatic N) is 2. The van der Waals surface area contributed by atoms with Gasteiger partial charge in [0.15, 0.2) is 0 Å². The minimum Gasteiger partial charge on any atom is -0.398 e. The number of hydrogen-bond acceptors (Lipinski definition) is 10. The summed E-state index contributed by atoms with van der Waals surface area (Å²) in [4.78, 5) is 23.5. The fourth-order valence-corrected chi connectivity index (χ4v) is 7.15. The number of amides is 1. The lowest BCUT2D eigenvalue weighted by Crippen LogP contribution is -2.52. The first-order valence-electron chi connectivity index (χ1n) is 12.1. The van der Waals surface area contributed by atoms with E-state index in [1.54, 1.807) is 47.8 Å². The molecule has 0 aliphatic carbocycles. The van der Waals surface area contributed by atoms with Gasteiger partial charge in [0.05, 0.1) is 32.8 Å². The highest BCUT2D eigenvalue weighted by molar-refractivity contribution is 7.89. The van der Waals surface area contributed by atoms with Gasteiger partial charge in [0.25, 0.3) is 5.91 Å². The second kappa shape index (κ2) is 11.4. The van der Waals surface area contributed by atoms with Crippen LogP contribution in [-0.2, 0) is 29.7 Å². The first kappa shape index (κ1) is 29.6. The van der Waals surface area contributed by atoms with Crippen LogP contribution < -0.4 is 20.9 Å². The van der Waals surface area contributed by atoms with Gasteiger partial charge in [-0.2, -0.15) is 11.3 Å². The first-order chi connectivity index (χ1) is 19.9. The topological polar surface area (TPSA) is 196 Å². The van der Waals surface area contributed by atoms with Crippen molar-refractivity contribution in [1.82, 2.24) is 9.71 Å². The molecule has 0 saturated carbocycles. The van der Waals surface area contributed by atoms with Gasteiger partial charge in [-0.25, -0.2) is 31.7 Å². The van der Waals surface area contributed by atoms with E-state index in [1.807, 2.05) is 0 Å². The van der Waals surface area contributed by atoms with E-state index in [9.17, 15) is 21.6 Å². The molecule has 0 bridgehead atoms. The molecule has 0 saturated heterocycles. The Balaban J connectivity index is 1.40. The zero-order valence-corrected chi connectivity index (χ0v) is 24.7. The molecule has 16 heteroatoms. The van der Waals surface area contributed by atoms with Crippen molar-refractivity contribution >= 4 is 66.1 Å². The third-order valence-corrected chi connectivity index (χ3v) is 9.93. The van der Waals surface area contributed by atoms with Crippen molar-refractivity contribution < 1.29 is 26.5 Å². The maximum atomic E-state index is 13.7. The highest BCUT2D eigenvalue weighted by Crippen LogP contribution is 2.31. The third-order valence-electron chi connectivity index (χ3n) is 6.39. The zero-order chi connectivity index (χ0) is 30.1. The van der Waals surface area contributed by atoms with Crippen LogP contribution in [0.2, 0.25) is 5.02 Å². The predicted octanol–water partition coefficient (Wildman–Crippen LogP) is 3.17. The Labute approximate surface area is 250 Å². The molecule has 1 aliphatic heterocycles. The number of nitrogens with two attached hydrogens (primary N) is 2. The Morgan fingerprint density at radius 2 is 1.83 bits per heavy atom. The number of hydrogen-bond donors (Lipinski definition) is 4. The van der Waals surface area contributed by atoms with Crippen LogP contribution in [-0.4, -0.2) is 45.6 Å². The summed E-state index contributed by atoms with van der Waals surface area (Å²) in [6.07, 6.45) is 1.27. The van der Waals surface area contributed by atoms with Crippen molar-refractivity contribution in [2.45, 2.75) is 21.8 Å². The number of nitrogens with one attached hydrogen (secondary N) is 2. The number of rotatable bonds is 9. The molecule has 0 unspecified atom stereocenters. The first-order valence-corrected chi connectivity index (χ1v) is 16.4. The van der Waals surface area contributed by atoms with E-state index in [4.69, 9.17) is 27.3 Å². The number of benzene rings is 2. The van der Waals surface area contributed by atoms with E-state index in [0.717, 1.165) is 0 Å². The molecule has 42 heavy (non-hydrogen) atoms. The van der Waals surface area contributed by atoms with Crippen LogP contribution in [0.4, 0.5) is 11.5 Å². The van der Waals surface area contributed by atoms with Gasteiger partial charge in [0.1, 0.15) is 5.82 Å². The van der Waals surface area contributed by atoms with Crippen LogP contribution in [0.5, 0.6) is 0 Å². The van der Waals surface area contributed by atoms with Gasteiger partial charge < -0.3 is 15.9 Å². The van der Waals surface area contributed by atoms with E-state index in [-0.39, 0.29) is 22.0 Å².